The first-order chi connectivity index (χ1) is 8.60. The van der Waals surface area contributed by atoms with Crippen molar-refractivity contribution in [1.82, 2.24) is 0 Å². The molecule has 0 radical (unpaired) electrons. The predicted octanol–water partition coefficient (Wildman–Crippen LogP) is 4.24. The molecule has 18 heavy (non-hydrogen) atoms. The fourth-order valence-electron chi connectivity index (χ4n) is 2.88. The molecule has 0 amide bonds. The van der Waals surface area contributed by atoms with Gasteiger partial charge in [-0.05, 0) is 61.8 Å². The molecule has 1 aromatic carbocycles. The van der Waals surface area contributed by atoms with E-state index < -0.39 is 0 Å². The maximum atomic E-state index is 5.29. The largest absolute Gasteiger partial charge is 0.496 e. The van der Waals surface area contributed by atoms with Crippen molar-refractivity contribution in [2.75, 3.05) is 12.4 Å². The van der Waals surface area contributed by atoms with Crippen LogP contribution in [-0.4, -0.2) is 13.2 Å². The van der Waals surface area contributed by atoms with Crippen LogP contribution in [0, 0.1) is 18.8 Å². The predicted molar refractivity (Wildman–Crippen MR) is 77.3 cm³/mol. The number of hydrogen-bond acceptors (Lipinski definition) is 2. The van der Waals surface area contributed by atoms with Crippen molar-refractivity contribution < 1.29 is 4.74 Å². The highest BCUT2D eigenvalue weighted by Gasteiger charge is 2.24. The number of nitrogens with one attached hydrogen (secondary N) is 1. The molecule has 1 N–H and O–H groups in total. The minimum absolute atomic E-state index is 0.629. The number of benzene rings is 1. The Bertz CT molecular complexity index is 402. The van der Waals surface area contributed by atoms with Gasteiger partial charge < -0.3 is 10.1 Å². The normalized spacial score (nSPS) is 27.9. The van der Waals surface area contributed by atoms with Crippen molar-refractivity contribution >= 4 is 5.69 Å². The fourth-order valence-corrected chi connectivity index (χ4v) is 2.88. The Morgan fingerprint density at radius 3 is 2.56 bits per heavy atom. The van der Waals surface area contributed by atoms with E-state index in [4.69, 9.17) is 4.74 Å². The Labute approximate surface area is 111 Å². The van der Waals surface area contributed by atoms with Crippen LogP contribution in [0.15, 0.2) is 18.2 Å². The van der Waals surface area contributed by atoms with Gasteiger partial charge in [0.25, 0.3) is 0 Å². The Morgan fingerprint density at radius 1 is 1.17 bits per heavy atom. The van der Waals surface area contributed by atoms with E-state index in [0.717, 1.165) is 17.6 Å². The van der Waals surface area contributed by atoms with E-state index in [1.54, 1.807) is 7.11 Å². The zero-order valence-corrected chi connectivity index (χ0v) is 12.0. The van der Waals surface area contributed by atoms with Crippen LogP contribution in [-0.2, 0) is 0 Å². The molecule has 2 rings (SSSR count). The van der Waals surface area contributed by atoms with Crippen molar-refractivity contribution in [2.24, 2.45) is 11.8 Å². The smallest absolute Gasteiger partial charge is 0.121 e. The van der Waals surface area contributed by atoms with E-state index in [0.29, 0.717) is 6.04 Å². The van der Waals surface area contributed by atoms with E-state index in [1.165, 1.54) is 30.5 Å². The van der Waals surface area contributed by atoms with Gasteiger partial charge in [0, 0.05) is 11.7 Å². The third kappa shape index (κ3) is 2.98. The average molecular weight is 247 g/mol. The second-order valence-corrected chi connectivity index (χ2v) is 5.79. The van der Waals surface area contributed by atoms with E-state index >= 15 is 0 Å². The molecule has 2 heteroatoms. The summed E-state index contributed by atoms with van der Waals surface area (Å²) >= 11 is 0. The Morgan fingerprint density at radius 2 is 1.94 bits per heavy atom. The number of anilines is 1. The van der Waals surface area contributed by atoms with Gasteiger partial charge in [-0.2, -0.15) is 0 Å². The first kappa shape index (κ1) is 13.3. The van der Waals surface area contributed by atoms with Crippen LogP contribution in [0.3, 0.4) is 0 Å². The van der Waals surface area contributed by atoms with Crippen molar-refractivity contribution in [3.8, 4) is 5.75 Å². The molecule has 0 heterocycles. The van der Waals surface area contributed by atoms with Crippen LogP contribution >= 0.6 is 0 Å². The average Bonchev–Trinajstić information content (AvgIpc) is 2.34. The number of aryl methyl sites for hydroxylation is 1. The van der Waals surface area contributed by atoms with Gasteiger partial charge in [-0.3, -0.25) is 0 Å². The molecular weight excluding hydrogens is 222 g/mol. The van der Waals surface area contributed by atoms with Crippen LogP contribution < -0.4 is 10.1 Å². The summed E-state index contributed by atoms with van der Waals surface area (Å²) in [6.07, 6.45) is 3.91. The van der Waals surface area contributed by atoms with Gasteiger partial charge in [0.2, 0.25) is 0 Å². The summed E-state index contributed by atoms with van der Waals surface area (Å²) in [6, 6.07) is 6.98. The highest BCUT2D eigenvalue weighted by Crippen LogP contribution is 2.31. The third-order valence-electron chi connectivity index (χ3n) is 4.36. The molecule has 1 saturated carbocycles. The molecule has 1 aliphatic rings. The first-order valence-corrected chi connectivity index (χ1v) is 7.01. The van der Waals surface area contributed by atoms with E-state index in [2.05, 4.69) is 38.2 Å². The molecule has 0 bridgehead atoms. The van der Waals surface area contributed by atoms with Gasteiger partial charge >= 0.3 is 0 Å². The maximum Gasteiger partial charge on any atom is 0.121 e. The summed E-state index contributed by atoms with van der Waals surface area (Å²) in [6.45, 7) is 6.84. The minimum atomic E-state index is 0.629. The Kier molecular flexibility index (Phi) is 4.15. The van der Waals surface area contributed by atoms with Crippen LogP contribution in [0.1, 0.15) is 38.7 Å². The summed E-state index contributed by atoms with van der Waals surface area (Å²) in [5.74, 6) is 2.67. The molecule has 3 atom stereocenters. The molecule has 0 aromatic heterocycles. The van der Waals surface area contributed by atoms with Crippen LogP contribution in [0.4, 0.5) is 5.69 Å². The molecule has 1 fully saturated rings. The molecule has 1 aromatic rings. The lowest BCUT2D eigenvalue weighted by Crippen LogP contribution is -2.30. The lowest BCUT2D eigenvalue weighted by molar-refractivity contribution is 0.261. The molecule has 1 aliphatic carbocycles. The molecule has 0 saturated heterocycles. The number of rotatable bonds is 3. The number of methoxy groups -OCH3 is 1. The molecule has 3 unspecified atom stereocenters. The van der Waals surface area contributed by atoms with Gasteiger partial charge in [-0.15, -0.1) is 0 Å². The lowest BCUT2D eigenvalue weighted by Gasteiger charge is -2.33. The highest BCUT2D eigenvalue weighted by atomic mass is 16.5. The van der Waals surface area contributed by atoms with E-state index in [9.17, 15) is 0 Å². The second-order valence-electron chi connectivity index (χ2n) is 5.79. The second kappa shape index (κ2) is 5.64. The van der Waals surface area contributed by atoms with E-state index in [1.807, 2.05) is 6.07 Å². The summed E-state index contributed by atoms with van der Waals surface area (Å²) in [5, 5.41) is 3.67. The zero-order valence-electron chi connectivity index (χ0n) is 12.0. The van der Waals surface area contributed by atoms with Crippen LogP contribution in [0.5, 0.6) is 5.75 Å². The quantitative estimate of drug-likeness (QED) is 0.862. The minimum Gasteiger partial charge on any atom is -0.496 e. The van der Waals surface area contributed by atoms with Crippen molar-refractivity contribution in [3.05, 3.63) is 23.8 Å². The molecular formula is C16H25NO. The number of hydrogen-bond donors (Lipinski definition) is 1. The van der Waals surface area contributed by atoms with Gasteiger partial charge in [0.15, 0.2) is 0 Å². The molecule has 2 nitrogen and oxygen atoms in total. The van der Waals surface area contributed by atoms with Crippen molar-refractivity contribution in [2.45, 2.75) is 46.1 Å². The topological polar surface area (TPSA) is 21.3 Å². The Balaban J connectivity index is 1.99. The summed E-state index contributed by atoms with van der Waals surface area (Å²) in [7, 11) is 1.72. The van der Waals surface area contributed by atoms with Gasteiger partial charge in [0.1, 0.15) is 5.75 Å². The number of ether oxygens (including phenoxy) is 1. The molecule has 0 aliphatic heterocycles. The summed E-state index contributed by atoms with van der Waals surface area (Å²) in [5.41, 5.74) is 2.42. The van der Waals surface area contributed by atoms with E-state index in [-0.39, 0.29) is 0 Å². The monoisotopic (exact) mass is 247 g/mol. The van der Waals surface area contributed by atoms with Crippen LogP contribution in [0.25, 0.3) is 0 Å². The zero-order chi connectivity index (χ0) is 13.1. The highest BCUT2D eigenvalue weighted by molar-refractivity contribution is 5.51. The lowest BCUT2D eigenvalue weighted by atomic mass is 9.79. The SMILES string of the molecule is COc1ccc(NC2CCC(C)C(C)C2)cc1C. The van der Waals surface area contributed by atoms with Crippen molar-refractivity contribution in [1.29, 1.82) is 0 Å². The standard InChI is InChI=1S/C16H25NO/c1-11-5-6-14(9-12(11)2)17-15-7-8-16(18-4)13(3)10-15/h7-8,10-12,14,17H,5-6,9H2,1-4H3. The molecule has 100 valence electrons. The third-order valence-corrected chi connectivity index (χ3v) is 4.36. The van der Waals surface area contributed by atoms with Crippen molar-refractivity contribution in [3.63, 3.8) is 0 Å². The first-order valence-electron chi connectivity index (χ1n) is 7.01. The fraction of sp³-hybridized carbons (Fsp3) is 0.625. The maximum absolute atomic E-state index is 5.29. The van der Waals surface area contributed by atoms with Gasteiger partial charge in [-0.1, -0.05) is 13.8 Å². The molecule has 0 spiro atoms. The Hall–Kier alpha value is -1.18. The summed E-state index contributed by atoms with van der Waals surface area (Å²) < 4.78 is 5.29. The summed E-state index contributed by atoms with van der Waals surface area (Å²) in [4.78, 5) is 0. The van der Waals surface area contributed by atoms with Gasteiger partial charge in [-0.25, -0.2) is 0 Å². The van der Waals surface area contributed by atoms with Gasteiger partial charge in [0.05, 0.1) is 7.11 Å². The van der Waals surface area contributed by atoms with Crippen LogP contribution in [0.2, 0.25) is 0 Å².